The van der Waals surface area contributed by atoms with E-state index in [-0.39, 0.29) is 0 Å². The Kier molecular flexibility index (Phi) is 7.36. The molecule has 2 aromatic heterocycles. The van der Waals surface area contributed by atoms with Gasteiger partial charge in [0, 0.05) is 28.3 Å². The van der Waals surface area contributed by atoms with Gasteiger partial charge in [-0.25, -0.2) is 15.0 Å². The maximum Gasteiger partial charge on any atom is 0.164 e. The molecule has 4 nitrogen and oxygen atoms in total. The molecule has 2 aliphatic rings. The van der Waals surface area contributed by atoms with Gasteiger partial charge in [0.05, 0.1) is 5.52 Å². The molecule has 0 fully saturated rings. The van der Waals surface area contributed by atoms with Crippen molar-refractivity contribution in [1.29, 1.82) is 0 Å². The zero-order valence-corrected chi connectivity index (χ0v) is 34.4. The summed E-state index contributed by atoms with van der Waals surface area (Å²) in [4.78, 5) is 20.4. The van der Waals surface area contributed by atoms with Gasteiger partial charge in [0.15, 0.2) is 17.5 Å². The maximum absolute atomic E-state index is 5.36. The number of hydrogen-bond donors (Lipinski definition) is 0. The Balaban J connectivity index is 1.02. The molecule has 0 radical (unpaired) electrons. The molecule has 2 heterocycles. The van der Waals surface area contributed by atoms with E-state index < -0.39 is 0 Å². The van der Waals surface area contributed by atoms with E-state index in [0.717, 1.165) is 49.5 Å². The molecule has 0 atom stereocenters. The van der Waals surface area contributed by atoms with Crippen molar-refractivity contribution in [3.05, 3.63) is 206 Å². The molecule has 0 aliphatic heterocycles. The van der Waals surface area contributed by atoms with Crippen molar-refractivity contribution < 1.29 is 0 Å². The van der Waals surface area contributed by atoms with Gasteiger partial charge >= 0.3 is 0 Å². The third-order valence-corrected chi connectivity index (χ3v) is 13.4. The molecule has 0 N–H and O–H groups in total. The minimum atomic E-state index is 0.617. The zero-order chi connectivity index (χ0) is 41.9. The van der Waals surface area contributed by atoms with E-state index in [0.29, 0.717) is 17.5 Å². The summed E-state index contributed by atoms with van der Waals surface area (Å²) in [5.74, 6) is 1.86. The van der Waals surface area contributed by atoms with E-state index in [1.807, 2.05) is 30.5 Å². The fraction of sp³-hybridized carbons (Fsp3) is 0. The van der Waals surface area contributed by atoms with Crippen molar-refractivity contribution in [3.8, 4) is 101 Å². The molecule has 294 valence electrons. The first-order chi connectivity index (χ1) is 31.7. The highest BCUT2D eigenvalue weighted by molar-refractivity contribution is 6.20. The summed E-state index contributed by atoms with van der Waals surface area (Å²) >= 11 is 0. The molecule has 14 rings (SSSR count). The molecule has 0 unspecified atom stereocenters. The van der Waals surface area contributed by atoms with E-state index in [1.54, 1.807) is 0 Å². The molecule has 4 heteroatoms. The lowest BCUT2D eigenvalue weighted by Gasteiger charge is -2.16. The van der Waals surface area contributed by atoms with Gasteiger partial charge < -0.3 is 0 Å². The largest absolute Gasteiger partial charge is 0.256 e. The summed E-state index contributed by atoms with van der Waals surface area (Å²) in [5, 5.41) is 8.36. The standard InChI is InChI=1S/C60H34N4/c1-2-11-35(12-3-1)58-62-59(38-23-22-36-34-55-37(13-10-28-61-55)29-39(36)30-38)64-60(63-58)42-32-40(43-24-26-53-47-16-6-4-14-45(47)51-20-8-18-49(43)56(51)53)31-41(33-42)44-25-27-54-48-17-7-5-15-46(48)52-21-9-19-50(44)57(52)54/h1-34H. The predicted octanol–water partition coefficient (Wildman–Crippen LogP) is 15.5. The van der Waals surface area contributed by atoms with Crippen LogP contribution >= 0.6 is 0 Å². The average Bonchev–Trinajstić information content (AvgIpc) is 3.87. The SMILES string of the molecule is c1ccc(-c2nc(-c3cc(-c4ccc5c6c(cccc46)-c4ccccc4-5)cc(-c4ccc5c6c(cccc46)-c4ccccc4-5)c3)nc(-c3ccc4cc5ncccc5cc4c3)n2)cc1. The Morgan fingerprint density at radius 1 is 0.250 bits per heavy atom. The van der Waals surface area contributed by atoms with Gasteiger partial charge in [0.2, 0.25) is 0 Å². The molecule has 0 bridgehead atoms. The first-order valence-electron chi connectivity index (χ1n) is 21.8. The van der Waals surface area contributed by atoms with E-state index in [9.17, 15) is 0 Å². The van der Waals surface area contributed by atoms with Crippen LogP contribution in [0.5, 0.6) is 0 Å². The van der Waals surface area contributed by atoms with Crippen molar-refractivity contribution in [1.82, 2.24) is 19.9 Å². The molecule has 64 heavy (non-hydrogen) atoms. The van der Waals surface area contributed by atoms with Crippen molar-refractivity contribution in [2.24, 2.45) is 0 Å². The second kappa shape index (κ2) is 13.4. The Labute approximate surface area is 368 Å². The number of nitrogens with zero attached hydrogens (tertiary/aromatic N) is 4. The number of benzene rings is 10. The van der Waals surface area contributed by atoms with Crippen LogP contribution in [0.3, 0.4) is 0 Å². The number of pyridine rings is 1. The first-order valence-corrected chi connectivity index (χ1v) is 21.8. The van der Waals surface area contributed by atoms with Crippen molar-refractivity contribution in [2.75, 3.05) is 0 Å². The van der Waals surface area contributed by atoms with Gasteiger partial charge in [-0.2, -0.15) is 0 Å². The van der Waals surface area contributed by atoms with Gasteiger partial charge in [0.1, 0.15) is 0 Å². The van der Waals surface area contributed by atoms with Crippen LogP contribution in [-0.2, 0) is 0 Å². The number of aromatic nitrogens is 4. The van der Waals surface area contributed by atoms with E-state index in [4.69, 9.17) is 15.0 Å². The summed E-state index contributed by atoms with van der Waals surface area (Å²) in [6, 6.07) is 72.3. The van der Waals surface area contributed by atoms with Gasteiger partial charge in [-0.1, -0.05) is 158 Å². The lowest BCUT2D eigenvalue weighted by Crippen LogP contribution is -2.01. The molecule has 2 aliphatic carbocycles. The number of rotatable bonds is 5. The van der Waals surface area contributed by atoms with Gasteiger partial charge in [0.25, 0.3) is 0 Å². The molecule has 12 aromatic rings. The van der Waals surface area contributed by atoms with E-state index in [2.05, 4.69) is 181 Å². The molecular weight excluding hydrogens is 777 g/mol. The Morgan fingerprint density at radius 3 is 1.36 bits per heavy atom. The smallest absolute Gasteiger partial charge is 0.164 e. The second-order valence-electron chi connectivity index (χ2n) is 17.0. The van der Waals surface area contributed by atoms with Crippen LogP contribution in [0.25, 0.3) is 144 Å². The zero-order valence-electron chi connectivity index (χ0n) is 34.4. The third-order valence-electron chi connectivity index (χ3n) is 13.4. The van der Waals surface area contributed by atoms with Crippen LogP contribution in [0.1, 0.15) is 0 Å². The fourth-order valence-electron chi connectivity index (χ4n) is 10.5. The molecule has 10 aromatic carbocycles. The van der Waals surface area contributed by atoms with Gasteiger partial charge in [-0.15, -0.1) is 0 Å². The highest BCUT2D eigenvalue weighted by Crippen LogP contribution is 2.52. The summed E-state index contributed by atoms with van der Waals surface area (Å²) in [7, 11) is 0. The summed E-state index contributed by atoms with van der Waals surface area (Å²) in [6.07, 6.45) is 1.84. The average molecular weight is 811 g/mol. The fourth-order valence-corrected chi connectivity index (χ4v) is 10.5. The number of fused-ring (bicyclic) bond motifs is 8. The lowest BCUT2D eigenvalue weighted by molar-refractivity contribution is 1.07. The van der Waals surface area contributed by atoms with Crippen molar-refractivity contribution in [2.45, 2.75) is 0 Å². The van der Waals surface area contributed by atoms with Crippen molar-refractivity contribution in [3.63, 3.8) is 0 Å². The van der Waals surface area contributed by atoms with Crippen LogP contribution in [0, 0.1) is 0 Å². The minimum absolute atomic E-state index is 0.617. The van der Waals surface area contributed by atoms with Crippen LogP contribution in [0.4, 0.5) is 0 Å². The van der Waals surface area contributed by atoms with Crippen LogP contribution in [0.2, 0.25) is 0 Å². The van der Waals surface area contributed by atoms with Gasteiger partial charge in [-0.3, -0.25) is 4.98 Å². The third kappa shape index (κ3) is 5.23. The minimum Gasteiger partial charge on any atom is -0.256 e. The highest BCUT2D eigenvalue weighted by Gasteiger charge is 2.25. The Bertz CT molecular complexity index is 3750. The molecular formula is C60H34N4. The molecule has 0 spiro atoms. The van der Waals surface area contributed by atoms with E-state index >= 15 is 0 Å². The predicted molar refractivity (Wildman–Crippen MR) is 264 cm³/mol. The number of hydrogen-bond acceptors (Lipinski definition) is 4. The Hall–Kier alpha value is -8.60. The quantitative estimate of drug-likeness (QED) is 0.163. The first kappa shape index (κ1) is 35.0. The normalized spacial score (nSPS) is 12.1. The summed E-state index contributed by atoms with van der Waals surface area (Å²) in [5.41, 5.74) is 18.6. The Morgan fingerprint density at radius 2 is 0.750 bits per heavy atom. The molecule has 0 saturated heterocycles. The van der Waals surface area contributed by atoms with Gasteiger partial charge in [-0.05, 0) is 142 Å². The van der Waals surface area contributed by atoms with Crippen LogP contribution in [-0.4, -0.2) is 19.9 Å². The van der Waals surface area contributed by atoms with Crippen LogP contribution in [0.15, 0.2) is 206 Å². The monoisotopic (exact) mass is 810 g/mol. The lowest BCUT2D eigenvalue weighted by atomic mass is 9.89. The molecule has 0 saturated carbocycles. The maximum atomic E-state index is 5.36. The van der Waals surface area contributed by atoms with Crippen LogP contribution < -0.4 is 0 Å². The summed E-state index contributed by atoms with van der Waals surface area (Å²) in [6.45, 7) is 0. The highest BCUT2D eigenvalue weighted by atomic mass is 15.0. The second-order valence-corrected chi connectivity index (χ2v) is 17.0. The summed E-state index contributed by atoms with van der Waals surface area (Å²) < 4.78 is 0. The topological polar surface area (TPSA) is 51.6 Å². The van der Waals surface area contributed by atoms with E-state index in [1.165, 1.54) is 77.2 Å². The molecule has 0 amide bonds. The van der Waals surface area contributed by atoms with Crippen molar-refractivity contribution >= 4 is 43.2 Å².